The van der Waals surface area contributed by atoms with Crippen LogP contribution in [0.25, 0.3) is 0 Å². The lowest BCUT2D eigenvalue weighted by Gasteiger charge is -2.30. The van der Waals surface area contributed by atoms with Gasteiger partial charge in [-0.05, 0) is 49.7 Å². The summed E-state index contributed by atoms with van der Waals surface area (Å²) >= 11 is 5.15. The molecule has 0 saturated heterocycles. The van der Waals surface area contributed by atoms with Crippen molar-refractivity contribution in [3.05, 3.63) is 46.2 Å². The molecule has 0 radical (unpaired) electrons. The molecule has 1 heterocycles. The van der Waals surface area contributed by atoms with Gasteiger partial charge in [-0.25, -0.2) is 4.79 Å². The number of rotatable bonds is 3. The first-order valence-electron chi connectivity index (χ1n) is 6.83. The monoisotopic (exact) mass is 318 g/mol. The van der Waals surface area contributed by atoms with Crippen LogP contribution in [0.1, 0.15) is 29.7 Å². The van der Waals surface area contributed by atoms with Crippen LogP contribution in [-0.2, 0) is 14.3 Å². The highest BCUT2D eigenvalue weighted by Crippen LogP contribution is 2.29. The van der Waals surface area contributed by atoms with Gasteiger partial charge < -0.3 is 15.4 Å². The summed E-state index contributed by atoms with van der Waals surface area (Å²) < 4.78 is 4.75. The van der Waals surface area contributed by atoms with E-state index >= 15 is 0 Å². The number of ketones is 1. The van der Waals surface area contributed by atoms with Gasteiger partial charge in [0.05, 0.1) is 18.7 Å². The van der Waals surface area contributed by atoms with Gasteiger partial charge in [-0.3, -0.25) is 4.79 Å². The van der Waals surface area contributed by atoms with Crippen LogP contribution in [0.4, 0.5) is 0 Å². The molecule has 22 heavy (non-hydrogen) atoms. The van der Waals surface area contributed by atoms with Crippen LogP contribution in [0.2, 0.25) is 0 Å². The number of hydrogen-bond acceptors (Lipinski definition) is 4. The molecule has 116 valence electrons. The number of nitrogens with one attached hydrogen (secondary N) is 2. The Balaban J connectivity index is 2.60. The maximum Gasteiger partial charge on any atom is 0.355 e. The Bertz CT molecular complexity index is 695. The van der Waals surface area contributed by atoms with Crippen molar-refractivity contribution < 1.29 is 14.3 Å². The van der Waals surface area contributed by atoms with Crippen molar-refractivity contribution in [3.63, 3.8) is 0 Å². The molecule has 0 unspecified atom stereocenters. The van der Waals surface area contributed by atoms with Crippen molar-refractivity contribution in [3.8, 4) is 0 Å². The number of carbonyl (C=O) groups excluding carboxylic acids is 2. The Morgan fingerprint density at radius 1 is 1.23 bits per heavy atom. The van der Waals surface area contributed by atoms with E-state index in [1.807, 2.05) is 32.0 Å². The van der Waals surface area contributed by atoms with Crippen LogP contribution in [-0.4, -0.2) is 24.0 Å². The average molecular weight is 318 g/mol. The summed E-state index contributed by atoms with van der Waals surface area (Å²) in [7, 11) is 1.27. The van der Waals surface area contributed by atoms with Gasteiger partial charge in [-0.2, -0.15) is 0 Å². The highest BCUT2D eigenvalue weighted by atomic mass is 32.1. The molecule has 1 atom stereocenters. The van der Waals surface area contributed by atoms with E-state index in [0.717, 1.165) is 16.7 Å². The van der Waals surface area contributed by atoms with Gasteiger partial charge in [0.2, 0.25) is 0 Å². The third-order valence-electron chi connectivity index (χ3n) is 3.71. The molecule has 0 aromatic heterocycles. The molecule has 0 amide bonds. The maximum absolute atomic E-state index is 12.1. The van der Waals surface area contributed by atoms with Crippen LogP contribution < -0.4 is 10.6 Å². The largest absolute Gasteiger partial charge is 0.464 e. The highest BCUT2D eigenvalue weighted by Gasteiger charge is 2.33. The topological polar surface area (TPSA) is 67.4 Å². The summed E-state index contributed by atoms with van der Waals surface area (Å²) in [4.78, 5) is 24.0. The van der Waals surface area contributed by atoms with Gasteiger partial charge in [-0.1, -0.05) is 18.2 Å². The molecule has 5 nitrogen and oxygen atoms in total. The van der Waals surface area contributed by atoms with E-state index in [1.54, 1.807) is 0 Å². The number of ether oxygens (including phenoxy) is 1. The maximum atomic E-state index is 12.1. The molecule has 0 aliphatic carbocycles. The number of hydrogen-bond donors (Lipinski definition) is 2. The van der Waals surface area contributed by atoms with Gasteiger partial charge in [0.1, 0.15) is 5.70 Å². The van der Waals surface area contributed by atoms with Gasteiger partial charge >= 0.3 is 5.97 Å². The van der Waals surface area contributed by atoms with Crippen LogP contribution in [0, 0.1) is 13.8 Å². The summed E-state index contributed by atoms with van der Waals surface area (Å²) in [6.07, 6.45) is 0. The third-order valence-corrected chi connectivity index (χ3v) is 3.93. The standard InChI is InChI=1S/C16H18N2O3S/c1-8-5-6-11(7-9(8)2)13-12(10(3)19)14(15(20)21-4)18-16(22)17-13/h5-7,13H,1-4H3,(H2,17,18,22)/t13-/m0/s1. The van der Waals surface area contributed by atoms with Gasteiger partial charge in [0.25, 0.3) is 0 Å². The number of carbonyl (C=O) groups is 2. The molecule has 0 spiro atoms. The van der Waals surface area contributed by atoms with Crippen LogP contribution >= 0.6 is 12.2 Å². The average Bonchev–Trinajstić information content (AvgIpc) is 2.47. The number of benzene rings is 1. The fourth-order valence-corrected chi connectivity index (χ4v) is 2.62. The second-order valence-corrected chi connectivity index (χ2v) is 5.62. The first-order valence-corrected chi connectivity index (χ1v) is 7.24. The summed E-state index contributed by atoms with van der Waals surface area (Å²) in [6.45, 7) is 5.43. The quantitative estimate of drug-likeness (QED) is 0.655. The van der Waals surface area contributed by atoms with Crippen molar-refractivity contribution in [2.24, 2.45) is 0 Å². The van der Waals surface area contributed by atoms with Crippen molar-refractivity contribution in [2.75, 3.05) is 7.11 Å². The van der Waals surface area contributed by atoms with Crippen LogP contribution in [0.15, 0.2) is 29.5 Å². The number of thiocarbonyl (C=S) groups is 1. The fourth-order valence-electron chi connectivity index (χ4n) is 2.40. The van der Waals surface area contributed by atoms with E-state index in [1.165, 1.54) is 14.0 Å². The van der Waals surface area contributed by atoms with Gasteiger partial charge in [0, 0.05) is 0 Å². The first-order chi connectivity index (χ1) is 10.3. The number of Topliss-reactive ketones (excluding diaryl/α,β-unsaturated/α-hetero) is 1. The molecule has 1 aromatic rings. The first kappa shape index (κ1) is 16.2. The summed E-state index contributed by atoms with van der Waals surface area (Å²) in [6, 6.07) is 5.41. The second kappa shape index (κ2) is 6.27. The lowest BCUT2D eigenvalue weighted by atomic mass is 9.91. The summed E-state index contributed by atoms with van der Waals surface area (Å²) in [5.41, 5.74) is 3.55. The molecule has 2 rings (SSSR count). The Kier molecular flexibility index (Phi) is 4.61. The normalized spacial score (nSPS) is 17.6. The fraction of sp³-hybridized carbons (Fsp3) is 0.312. The number of methoxy groups -OCH3 is 1. The summed E-state index contributed by atoms with van der Waals surface area (Å²) in [5.74, 6) is -0.825. The van der Waals surface area contributed by atoms with E-state index in [9.17, 15) is 9.59 Å². The SMILES string of the molecule is COC(=O)C1=C(C(C)=O)[C@H](c2ccc(C)c(C)c2)NC(=S)N1. The lowest BCUT2D eigenvalue weighted by molar-refractivity contribution is -0.136. The second-order valence-electron chi connectivity index (χ2n) is 5.21. The molecule has 1 aliphatic heterocycles. The molecular weight excluding hydrogens is 300 g/mol. The predicted molar refractivity (Wildman–Crippen MR) is 87.2 cm³/mol. The zero-order chi connectivity index (χ0) is 16.4. The van der Waals surface area contributed by atoms with Crippen LogP contribution in [0.3, 0.4) is 0 Å². The van der Waals surface area contributed by atoms with Crippen molar-refractivity contribution in [1.29, 1.82) is 0 Å². The zero-order valence-electron chi connectivity index (χ0n) is 12.9. The molecule has 1 aromatic carbocycles. The molecule has 0 saturated carbocycles. The summed E-state index contributed by atoms with van der Waals surface area (Å²) in [5, 5.41) is 6.07. The zero-order valence-corrected chi connectivity index (χ0v) is 13.8. The molecule has 0 fully saturated rings. The van der Waals surface area contributed by atoms with Crippen molar-refractivity contribution in [2.45, 2.75) is 26.8 Å². The smallest absolute Gasteiger partial charge is 0.355 e. The van der Waals surface area contributed by atoms with Crippen LogP contribution in [0.5, 0.6) is 0 Å². The predicted octanol–water partition coefficient (Wildman–Crippen LogP) is 1.84. The van der Waals surface area contributed by atoms with E-state index in [4.69, 9.17) is 17.0 Å². The lowest BCUT2D eigenvalue weighted by Crippen LogP contribution is -2.47. The minimum atomic E-state index is -0.608. The third kappa shape index (κ3) is 3.01. The van der Waals surface area contributed by atoms with Crippen molar-refractivity contribution in [1.82, 2.24) is 10.6 Å². The Hall–Kier alpha value is -2.21. The Morgan fingerprint density at radius 3 is 2.45 bits per heavy atom. The molecule has 6 heteroatoms. The minimum absolute atomic E-state index is 0.0991. The van der Waals surface area contributed by atoms with E-state index < -0.39 is 12.0 Å². The van der Waals surface area contributed by atoms with Gasteiger partial charge in [-0.15, -0.1) is 0 Å². The Morgan fingerprint density at radius 2 is 1.91 bits per heavy atom. The van der Waals surface area contributed by atoms with Gasteiger partial charge in [0.15, 0.2) is 10.9 Å². The molecule has 0 bridgehead atoms. The van der Waals surface area contributed by atoms with E-state index in [0.29, 0.717) is 5.57 Å². The number of esters is 1. The minimum Gasteiger partial charge on any atom is -0.464 e. The molecule has 1 aliphatic rings. The number of aryl methyl sites for hydroxylation is 2. The molecule has 2 N–H and O–H groups in total. The Labute approximate surface area is 134 Å². The molecular formula is C16H18N2O3S. The highest BCUT2D eigenvalue weighted by molar-refractivity contribution is 7.80. The van der Waals surface area contributed by atoms with E-state index in [-0.39, 0.29) is 16.6 Å². The van der Waals surface area contributed by atoms with Crippen molar-refractivity contribution >= 4 is 29.1 Å². The van der Waals surface area contributed by atoms with E-state index in [2.05, 4.69) is 10.6 Å².